The zero-order chi connectivity index (χ0) is 21.8. The largest absolute Gasteiger partial charge is 0.492 e. The van der Waals surface area contributed by atoms with E-state index in [-0.39, 0.29) is 5.78 Å². The number of nitrogens with one attached hydrogen (secondary N) is 1. The molecule has 2 heterocycles. The van der Waals surface area contributed by atoms with Crippen molar-refractivity contribution in [3.05, 3.63) is 88.7 Å². The fraction of sp³-hybridized carbons (Fsp3) is 0.208. The number of carbonyl (C=O) groups excluding carboxylic acids is 2. The van der Waals surface area contributed by atoms with Crippen LogP contribution in [0.15, 0.2) is 60.9 Å². The first-order valence-electron chi connectivity index (χ1n) is 10.0. The highest BCUT2D eigenvalue weighted by atomic mass is 16.5. The van der Waals surface area contributed by atoms with E-state index in [1.165, 1.54) is 0 Å². The maximum atomic E-state index is 12.2. The van der Waals surface area contributed by atoms with E-state index in [2.05, 4.69) is 10.3 Å². The number of rotatable bonds is 6. The number of pyridine rings is 1. The van der Waals surface area contributed by atoms with Gasteiger partial charge < -0.3 is 20.5 Å². The van der Waals surface area contributed by atoms with E-state index in [1.54, 1.807) is 18.5 Å². The summed E-state index contributed by atoms with van der Waals surface area (Å²) in [5, 5.41) is 2.60. The van der Waals surface area contributed by atoms with Gasteiger partial charge in [-0.1, -0.05) is 18.2 Å². The molecule has 7 nitrogen and oxygen atoms in total. The van der Waals surface area contributed by atoms with Crippen LogP contribution in [0.4, 0.5) is 4.79 Å². The first kappa shape index (κ1) is 20.4. The van der Waals surface area contributed by atoms with Crippen molar-refractivity contribution in [2.45, 2.75) is 26.0 Å². The molecule has 1 aromatic heterocycles. The van der Waals surface area contributed by atoms with Crippen LogP contribution >= 0.6 is 0 Å². The van der Waals surface area contributed by atoms with Crippen molar-refractivity contribution < 1.29 is 19.1 Å². The molecule has 2 amide bonds. The number of hydrogen-bond acceptors (Lipinski definition) is 5. The Bertz CT molecular complexity index is 1120. The van der Waals surface area contributed by atoms with E-state index in [1.807, 2.05) is 49.4 Å². The van der Waals surface area contributed by atoms with Gasteiger partial charge in [-0.2, -0.15) is 0 Å². The molecule has 3 aromatic rings. The summed E-state index contributed by atoms with van der Waals surface area (Å²) in [4.78, 5) is 27.4. The van der Waals surface area contributed by atoms with E-state index < -0.39 is 12.1 Å². The van der Waals surface area contributed by atoms with Crippen molar-refractivity contribution >= 4 is 11.8 Å². The fourth-order valence-corrected chi connectivity index (χ4v) is 3.64. The van der Waals surface area contributed by atoms with Gasteiger partial charge in [-0.3, -0.25) is 9.78 Å². The Morgan fingerprint density at radius 3 is 2.77 bits per heavy atom. The molecule has 7 heteroatoms. The molecule has 0 saturated carbocycles. The van der Waals surface area contributed by atoms with Gasteiger partial charge in [0.2, 0.25) is 0 Å². The van der Waals surface area contributed by atoms with Crippen LogP contribution < -0.4 is 20.5 Å². The lowest BCUT2D eigenvalue weighted by Gasteiger charge is -2.25. The molecule has 0 bridgehead atoms. The van der Waals surface area contributed by atoms with Gasteiger partial charge in [-0.15, -0.1) is 0 Å². The number of nitrogens with zero attached hydrogens (tertiary/aromatic N) is 1. The summed E-state index contributed by atoms with van der Waals surface area (Å²) >= 11 is 0. The zero-order valence-electron chi connectivity index (χ0n) is 17.1. The molecular formula is C24H23N3O4. The van der Waals surface area contributed by atoms with Gasteiger partial charge in [0.25, 0.3) is 0 Å². The molecule has 31 heavy (non-hydrogen) atoms. The highest BCUT2D eigenvalue weighted by Crippen LogP contribution is 2.38. The Morgan fingerprint density at radius 1 is 1.19 bits per heavy atom. The normalized spacial score (nSPS) is 13.6. The molecule has 158 valence electrons. The molecule has 2 aromatic carbocycles. The molecule has 0 saturated heterocycles. The van der Waals surface area contributed by atoms with Gasteiger partial charge in [0, 0.05) is 30.9 Å². The first-order chi connectivity index (χ1) is 15.0. The Kier molecular flexibility index (Phi) is 5.84. The summed E-state index contributed by atoms with van der Waals surface area (Å²) in [6.45, 7) is 2.59. The lowest BCUT2D eigenvalue weighted by Crippen LogP contribution is -2.28. The second kappa shape index (κ2) is 8.87. The number of aromatic nitrogens is 1. The maximum Gasteiger partial charge on any atom is 0.312 e. The van der Waals surface area contributed by atoms with Crippen LogP contribution in [-0.2, 0) is 6.54 Å². The van der Waals surface area contributed by atoms with E-state index in [0.717, 1.165) is 22.3 Å². The molecule has 1 atom stereocenters. The smallest absolute Gasteiger partial charge is 0.312 e. The average molecular weight is 417 g/mol. The van der Waals surface area contributed by atoms with E-state index in [9.17, 15) is 9.59 Å². The number of amides is 2. The number of carbonyl (C=O) groups is 2. The fourth-order valence-electron chi connectivity index (χ4n) is 3.64. The third kappa shape index (κ3) is 4.50. The number of ether oxygens (including phenoxy) is 2. The summed E-state index contributed by atoms with van der Waals surface area (Å²) in [7, 11) is 0. The van der Waals surface area contributed by atoms with E-state index in [4.69, 9.17) is 15.2 Å². The van der Waals surface area contributed by atoms with Crippen LogP contribution in [0.5, 0.6) is 11.5 Å². The Hall–Kier alpha value is -3.87. The van der Waals surface area contributed by atoms with Crippen LogP contribution in [0.3, 0.4) is 0 Å². The summed E-state index contributed by atoms with van der Waals surface area (Å²) in [6.07, 6.45) is 3.39. The monoisotopic (exact) mass is 417 g/mol. The van der Waals surface area contributed by atoms with Crippen molar-refractivity contribution in [3.63, 3.8) is 0 Å². The number of fused-ring (bicyclic) bond motifs is 1. The van der Waals surface area contributed by atoms with Gasteiger partial charge in [-0.25, -0.2) is 4.79 Å². The molecule has 0 fully saturated rings. The molecular weight excluding hydrogens is 394 g/mol. The maximum absolute atomic E-state index is 12.2. The first-order valence-corrected chi connectivity index (χ1v) is 10.0. The summed E-state index contributed by atoms with van der Waals surface area (Å²) in [6, 6.07) is 14.5. The van der Waals surface area contributed by atoms with Crippen LogP contribution in [0.25, 0.3) is 0 Å². The van der Waals surface area contributed by atoms with Gasteiger partial charge in [0.15, 0.2) is 5.78 Å². The molecule has 0 aliphatic carbocycles. The zero-order valence-corrected chi connectivity index (χ0v) is 17.1. The van der Waals surface area contributed by atoms with Crippen molar-refractivity contribution in [2.75, 3.05) is 6.61 Å². The summed E-state index contributed by atoms with van der Waals surface area (Å²) in [5.41, 5.74) is 9.30. The molecule has 0 spiro atoms. The van der Waals surface area contributed by atoms with Gasteiger partial charge in [-0.05, 0) is 53.9 Å². The molecule has 0 radical (unpaired) electrons. The molecule has 1 aliphatic heterocycles. The molecule has 4 rings (SSSR count). The number of benzene rings is 2. The minimum Gasteiger partial charge on any atom is -0.492 e. The molecule has 1 aliphatic rings. The van der Waals surface area contributed by atoms with Crippen molar-refractivity contribution in [1.29, 1.82) is 0 Å². The number of Topliss-reactive ketones (excluding diaryl/α,β-unsaturated/α-hetero) is 1. The number of primary amides is 1. The second-order valence-electron chi connectivity index (χ2n) is 7.33. The Labute approximate surface area is 180 Å². The molecule has 0 unspecified atom stereocenters. The Balaban J connectivity index is 1.70. The third-order valence-corrected chi connectivity index (χ3v) is 5.21. The predicted octanol–water partition coefficient (Wildman–Crippen LogP) is 3.69. The van der Waals surface area contributed by atoms with Crippen molar-refractivity contribution in [1.82, 2.24) is 10.3 Å². The topological polar surface area (TPSA) is 104 Å². The number of ketones is 1. The van der Waals surface area contributed by atoms with E-state index in [0.29, 0.717) is 36.6 Å². The summed E-state index contributed by atoms with van der Waals surface area (Å²) in [5.74, 6) is 1.30. The number of nitrogens with two attached hydrogens (primary N) is 1. The van der Waals surface area contributed by atoms with Gasteiger partial charge in [0.1, 0.15) is 17.6 Å². The Morgan fingerprint density at radius 2 is 2.00 bits per heavy atom. The lowest BCUT2D eigenvalue weighted by atomic mass is 9.99. The van der Waals surface area contributed by atoms with Gasteiger partial charge >= 0.3 is 6.03 Å². The van der Waals surface area contributed by atoms with Crippen LogP contribution in [0, 0.1) is 6.92 Å². The van der Waals surface area contributed by atoms with Gasteiger partial charge in [0.05, 0.1) is 12.2 Å². The van der Waals surface area contributed by atoms with Crippen LogP contribution in [0.1, 0.15) is 45.1 Å². The minimum absolute atomic E-state index is 0.0798. The van der Waals surface area contributed by atoms with Crippen molar-refractivity contribution in [2.24, 2.45) is 5.73 Å². The summed E-state index contributed by atoms with van der Waals surface area (Å²) < 4.78 is 12.2. The minimum atomic E-state index is -0.577. The predicted molar refractivity (Wildman–Crippen MR) is 115 cm³/mol. The van der Waals surface area contributed by atoms with E-state index >= 15 is 0 Å². The SMILES string of the molecule is Cc1c(O[C@@H](c2ccncc2)c2cccc(CNC(N)=O)c2)ccc2c1OCCC2=O. The van der Waals surface area contributed by atoms with Crippen LogP contribution in [-0.4, -0.2) is 23.4 Å². The number of hydrogen-bond donors (Lipinski definition) is 2. The quantitative estimate of drug-likeness (QED) is 0.637. The second-order valence-corrected chi connectivity index (χ2v) is 7.33. The lowest BCUT2D eigenvalue weighted by molar-refractivity contribution is 0.0932. The third-order valence-electron chi connectivity index (χ3n) is 5.21. The van der Waals surface area contributed by atoms with Crippen LogP contribution in [0.2, 0.25) is 0 Å². The highest BCUT2D eigenvalue weighted by molar-refractivity contribution is 6.00. The number of urea groups is 1. The van der Waals surface area contributed by atoms with Crippen molar-refractivity contribution in [3.8, 4) is 11.5 Å². The standard InChI is InChI=1S/C24H23N3O4/c1-15-21(6-5-19-20(28)9-12-30-22(15)19)31-23(17-7-10-26-11-8-17)18-4-2-3-16(13-18)14-27-24(25)29/h2-8,10-11,13,23H,9,12,14H2,1H3,(H3,25,27,29)/t23-/m0/s1. The average Bonchev–Trinajstić information content (AvgIpc) is 2.78. The molecule has 3 N–H and O–H groups in total. The highest BCUT2D eigenvalue weighted by Gasteiger charge is 2.24.